The molecule has 1 aromatic rings. The van der Waals surface area contributed by atoms with Crippen molar-refractivity contribution in [2.75, 3.05) is 6.61 Å². The highest BCUT2D eigenvalue weighted by atomic mass is 16.5. The molecule has 22 heavy (non-hydrogen) atoms. The van der Waals surface area contributed by atoms with Gasteiger partial charge >= 0.3 is 5.97 Å². The van der Waals surface area contributed by atoms with Crippen LogP contribution in [0.1, 0.15) is 42.6 Å². The van der Waals surface area contributed by atoms with E-state index in [4.69, 9.17) is 9.84 Å². The van der Waals surface area contributed by atoms with E-state index in [1.165, 1.54) is 6.07 Å². The first kappa shape index (κ1) is 16.5. The van der Waals surface area contributed by atoms with Gasteiger partial charge in [0.1, 0.15) is 0 Å². The molecule has 0 spiro atoms. The predicted molar refractivity (Wildman–Crippen MR) is 82.8 cm³/mol. The Hall–Kier alpha value is -1.88. The molecule has 2 rings (SSSR count). The molecule has 2 unspecified atom stereocenters. The molecule has 0 bridgehead atoms. The fraction of sp³-hybridized carbons (Fsp3) is 0.529. The minimum absolute atomic E-state index is 0.0895. The molecule has 2 N–H and O–H groups in total. The first-order chi connectivity index (χ1) is 10.5. The van der Waals surface area contributed by atoms with E-state index < -0.39 is 5.97 Å². The van der Waals surface area contributed by atoms with Gasteiger partial charge in [0.25, 0.3) is 0 Å². The Labute approximate surface area is 130 Å². The van der Waals surface area contributed by atoms with E-state index in [9.17, 15) is 9.59 Å². The number of carboxylic acid groups (broad SMARTS) is 1. The van der Waals surface area contributed by atoms with E-state index >= 15 is 0 Å². The molecule has 5 heteroatoms. The second-order valence-corrected chi connectivity index (χ2v) is 6.08. The average molecular weight is 305 g/mol. The Balaban J connectivity index is 1.94. The zero-order valence-electron chi connectivity index (χ0n) is 13.0. The first-order valence-electron chi connectivity index (χ1n) is 7.69. The highest BCUT2D eigenvalue weighted by Crippen LogP contribution is 2.20. The lowest BCUT2D eigenvalue weighted by atomic mass is 9.95. The molecule has 1 heterocycles. The topological polar surface area (TPSA) is 75.6 Å². The maximum atomic E-state index is 12.2. The summed E-state index contributed by atoms with van der Waals surface area (Å²) in [5, 5.41) is 12.2. The number of carbonyl (C=O) groups excluding carboxylic acids is 1. The Morgan fingerprint density at radius 1 is 1.36 bits per heavy atom. The summed E-state index contributed by atoms with van der Waals surface area (Å²) in [5.41, 5.74) is 0.727. The van der Waals surface area contributed by atoms with Crippen molar-refractivity contribution in [3.05, 3.63) is 35.4 Å². The monoisotopic (exact) mass is 305 g/mol. The molecule has 0 aliphatic carbocycles. The van der Waals surface area contributed by atoms with Crippen molar-refractivity contribution >= 4 is 11.9 Å². The Morgan fingerprint density at radius 3 is 2.77 bits per heavy atom. The van der Waals surface area contributed by atoms with Crippen LogP contribution in [0.25, 0.3) is 0 Å². The quantitative estimate of drug-likeness (QED) is 0.875. The van der Waals surface area contributed by atoms with Crippen LogP contribution in [0.15, 0.2) is 24.3 Å². The number of hydrogen-bond acceptors (Lipinski definition) is 3. The maximum absolute atomic E-state index is 12.2. The van der Waals surface area contributed by atoms with Crippen LogP contribution < -0.4 is 5.32 Å². The number of hydrogen-bond donors (Lipinski definition) is 2. The van der Waals surface area contributed by atoms with Crippen LogP contribution in [-0.4, -0.2) is 35.7 Å². The largest absolute Gasteiger partial charge is 0.478 e. The molecule has 2 atom stereocenters. The Morgan fingerprint density at radius 2 is 2.09 bits per heavy atom. The molecule has 0 radical (unpaired) electrons. The van der Waals surface area contributed by atoms with Gasteiger partial charge in [0.15, 0.2) is 0 Å². The summed E-state index contributed by atoms with van der Waals surface area (Å²) in [5.74, 6) is -0.718. The van der Waals surface area contributed by atoms with Gasteiger partial charge in [-0.3, -0.25) is 4.79 Å². The number of carboxylic acids is 1. The molecular formula is C17H23NO4. The highest BCUT2D eigenvalue weighted by molar-refractivity contribution is 5.91. The number of rotatable bonds is 5. The van der Waals surface area contributed by atoms with Gasteiger partial charge in [0, 0.05) is 12.6 Å². The molecule has 1 aliphatic heterocycles. The van der Waals surface area contributed by atoms with Crippen LogP contribution in [0, 0.1) is 5.92 Å². The summed E-state index contributed by atoms with van der Waals surface area (Å²) < 4.78 is 5.69. The highest BCUT2D eigenvalue weighted by Gasteiger charge is 2.26. The maximum Gasteiger partial charge on any atom is 0.335 e. The molecule has 1 fully saturated rings. The molecule has 0 aromatic heterocycles. The smallest absolute Gasteiger partial charge is 0.335 e. The van der Waals surface area contributed by atoms with Gasteiger partial charge in [-0.25, -0.2) is 4.79 Å². The number of benzene rings is 1. The van der Waals surface area contributed by atoms with Crippen molar-refractivity contribution in [2.45, 2.75) is 45.3 Å². The summed E-state index contributed by atoms with van der Waals surface area (Å²) in [6.07, 6.45) is 1.87. The fourth-order valence-corrected chi connectivity index (χ4v) is 2.76. The minimum Gasteiger partial charge on any atom is -0.478 e. The summed E-state index contributed by atoms with van der Waals surface area (Å²) in [4.78, 5) is 23.4. The van der Waals surface area contributed by atoms with Crippen LogP contribution >= 0.6 is 0 Å². The lowest BCUT2D eigenvalue weighted by Gasteiger charge is -2.32. The van der Waals surface area contributed by atoms with Crippen LogP contribution in [0.5, 0.6) is 0 Å². The zero-order chi connectivity index (χ0) is 16.1. The van der Waals surface area contributed by atoms with Gasteiger partial charge in [0.05, 0.1) is 18.1 Å². The molecule has 1 aliphatic rings. The van der Waals surface area contributed by atoms with E-state index in [0.717, 1.165) is 12.8 Å². The van der Waals surface area contributed by atoms with E-state index in [1.54, 1.807) is 18.2 Å². The van der Waals surface area contributed by atoms with E-state index in [0.29, 0.717) is 18.1 Å². The fourth-order valence-electron chi connectivity index (χ4n) is 2.76. The van der Waals surface area contributed by atoms with E-state index in [1.807, 2.05) is 0 Å². The van der Waals surface area contributed by atoms with Crippen molar-refractivity contribution in [1.82, 2.24) is 5.32 Å². The van der Waals surface area contributed by atoms with Crippen molar-refractivity contribution < 1.29 is 19.4 Å². The summed E-state index contributed by atoms with van der Waals surface area (Å²) in [6.45, 7) is 4.87. The molecule has 0 saturated carbocycles. The van der Waals surface area contributed by atoms with Crippen LogP contribution in [0.4, 0.5) is 0 Å². The normalized spacial score (nSPS) is 21.6. The lowest BCUT2D eigenvalue weighted by Crippen LogP contribution is -2.44. The molecule has 120 valence electrons. The standard InChI is InChI=1S/C17H23NO4/c1-11(2)15-10-13(7-8-22-15)18-16(19)9-12-5-3-4-6-14(12)17(20)21/h3-6,11,13,15H,7-10H2,1-2H3,(H,18,19)(H,20,21). The Kier molecular flexibility index (Phi) is 5.55. The zero-order valence-corrected chi connectivity index (χ0v) is 13.0. The van der Waals surface area contributed by atoms with Crippen LogP contribution in [-0.2, 0) is 16.0 Å². The molecular weight excluding hydrogens is 282 g/mol. The lowest BCUT2D eigenvalue weighted by molar-refractivity contribution is -0.122. The Bertz CT molecular complexity index is 541. The second kappa shape index (κ2) is 7.40. The summed E-state index contributed by atoms with van der Waals surface area (Å²) >= 11 is 0. The molecule has 1 amide bonds. The number of ether oxygens (including phenoxy) is 1. The summed E-state index contributed by atoms with van der Waals surface area (Å²) in [6, 6.07) is 6.72. The van der Waals surface area contributed by atoms with Gasteiger partial charge < -0.3 is 15.2 Å². The third-order valence-corrected chi connectivity index (χ3v) is 4.02. The van der Waals surface area contributed by atoms with Gasteiger partial charge in [0.2, 0.25) is 5.91 Å². The van der Waals surface area contributed by atoms with E-state index in [-0.39, 0.29) is 30.0 Å². The van der Waals surface area contributed by atoms with Crippen LogP contribution in [0.2, 0.25) is 0 Å². The summed E-state index contributed by atoms with van der Waals surface area (Å²) in [7, 11) is 0. The number of amides is 1. The predicted octanol–water partition coefficient (Wildman–Crippen LogP) is 2.25. The van der Waals surface area contributed by atoms with Crippen molar-refractivity contribution in [3.8, 4) is 0 Å². The SMILES string of the molecule is CC(C)C1CC(NC(=O)Cc2ccccc2C(=O)O)CCO1. The van der Waals surface area contributed by atoms with Crippen molar-refractivity contribution in [3.63, 3.8) is 0 Å². The third kappa shape index (κ3) is 4.31. The molecule has 5 nitrogen and oxygen atoms in total. The minimum atomic E-state index is -1.01. The third-order valence-electron chi connectivity index (χ3n) is 4.02. The van der Waals surface area contributed by atoms with Gasteiger partial charge in [-0.2, -0.15) is 0 Å². The first-order valence-corrected chi connectivity index (χ1v) is 7.69. The molecule has 1 saturated heterocycles. The van der Waals surface area contributed by atoms with Gasteiger partial charge in [-0.1, -0.05) is 32.0 Å². The number of nitrogens with one attached hydrogen (secondary N) is 1. The number of carbonyl (C=O) groups is 2. The average Bonchev–Trinajstić information content (AvgIpc) is 2.47. The van der Waals surface area contributed by atoms with Crippen molar-refractivity contribution in [2.24, 2.45) is 5.92 Å². The van der Waals surface area contributed by atoms with Gasteiger partial charge in [-0.15, -0.1) is 0 Å². The van der Waals surface area contributed by atoms with Crippen molar-refractivity contribution in [1.29, 1.82) is 0 Å². The molecule has 1 aromatic carbocycles. The van der Waals surface area contributed by atoms with Crippen LogP contribution in [0.3, 0.4) is 0 Å². The van der Waals surface area contributed by atoms with E-state index in [2.05, 4.69) is 19.2 Å². The number of aromatic carboxylic acids is 1. The second-order valence-electron chi connectivity index (χ2n) is 6.08. The van der Waals surface area contributed by atoms with Gasteiger partial charge in [-0.05, 0) is 30.4 Å².